The number of carbonyl (C=O) groups is 2. The monoisotopic (exact) mass is 287 g/mol. The molecule has 2 N–H and O–H groups in total. The number of rotatable bonds is 10. The Morgan fingerprint density at radius 3 is 2.40 bits per heavy atom. The summed E-state index contributed by atoms with van der Waals surface area (Å²) in [4.78, 5) is 26.3. The first-order valence-electron chi connectivity index (χ1n) is 7.26. The standard InChI is InChI=1S/C14H29N3O3/c1-5-17(10-6-9-16(3)4)14(20)15-11-12(2)7-8-13(18)19/h12H,5-11H2,1-4H3,(H,15,20)(H,18,19). The van der Waals surface area contributed by atoms with Gasteiger partial charge in [0.15, 0.2) is 0 Å². The minimum Gasteiger partial charge on any atom is -0.481 e. The summed E-state index contributed by atoms with van der Waals surface area (Å²) in [5, 5.41) is 11.5. The van der Waals surface area contributed by atoms with Crippen LogP contribution in [0.2, 0.25) is 0 Å². The van der Waals surface area contributed by atoms with Crippen LogP contribution in [-0.4, -0.2) is 67.2 Å². The first kappa shape index (κ1) is 18.7. The van der Waals surface area contributed by atoms with Crippen LogP contribution in [0.5, 0.6) is 0 Å². The molecule has 6 heteroatoms. The van der Waals surface area contributed by atoms with Gasteiger partial charge < -0.3 is 20.2 Å². The molecule has 2 amide bonds. The third-order valence-corrected chi connectivity index (χ3v) is 3.16. The lowest BCUT2D eigenvalue weighted by Crippen LogP contribution is -2.42. The SMILES string of the molecule is CCN(CCCN(C)C)C(=O)NCC(C)CCC(=O)O. The van der Waals surface area contributed by atoms with Gasteiger partial charge in [0, 0.05) is 26.1 Å². The molecular weight excluding hydrogens is 258 g/mol. The maximum absolute atomic E-state index is 12.0. The lowest BCUT2D eigenvalue weighted by atomic mass is 10.1. The molecule has 20 heavy (non-hydrogen) atoms. The maximum Gasteiger partial charge on any atom is 0.317 e. The Morgan fingerprint density at radius 1 is 1.25 bits per heavy atom. The first-order chi connectivity index (χ1) is 9.36. The highest BCUT2D eigenvalue weighted by Gasteiger charge is 2.12. The molecule has 0 radical (unpaired) electrons. The molecule has 118 valence electrons. The van der Waals surface area contributed by atoms with E-state index in [0.717, 1.165) is 19.5 Å². The van der Waals surface area contributed by atoms with E-state index in [-0.39, 0.29) is 18.4 Å². The number of nitrogens with one attached hydrogen (secondary N) is 1. The van der Waals surface area contributed by atoms with Crippen molar-refractivity contribution < 1.29 is 14.7 Å². The molecule has 0 aliphatic rings. The van der Waals surface area contributed by atoms with Gasteiger partial charge in [-0.2, -0.15) is 0 Å². The molecule has 0 rings (SSSR count). The molecule has 0 aromatic heterocycles. The molecule has 0 heterocycles. The minimum absolute atomic E-state index is 0.0616. The number of carboxylic acids is 1. The van der Waals surface area contributed by atoms with Gasteiger partial charge in [0.2, 0.25) is 0 Å². The smallest absolute Gasteiger partial charge is 0.317 e. The van der Waals surface area contributed by atoms with Crippen molar-refractivity contribution >= 4 is 12.0 Å². The summed E-state index contributed by atoms with van der Waals surface area (Å²) in [6, 6.07) is -0.0616. The van der Waals surface area contributed by atoms with E-state index < -0.39 is 5.97 Å². The number of hydrogen-bond donors (Lipinski definition) is 2. The third kappa shape index (κ3) is 9.61. The molecule has 0 fully saturated rings. The van der Waals surface area contributed by atoms with Crippen LogP contribution in [0.4, 0.5) is 4.79 Å². The molecule has 1 unspecified atom stereocenters. The highest BCUT2D eigenvalue weighted by molar-refractivity contribution is 5.74. The van der Waals surface area contributed by atoms with Gasteiger partial charge in [-0.1, -0.05) is 6.92 Å². The summed E-state index contributed by atoms with van der Waals surface area (Å²) in [7, 11) is 4.03. The van der Waals surface area contributed by atoms with E-state index in [1.807, 2.05) is 27.9 Å². The summed E-state index contributed by atoms with van der Waals surface area (Å²) in [5.41, 5.74) is 0. The van der Waals surface area contributed by atoms with Crippen molar-refractivity contribution in [3.8, 4) is 0 Å². The fourth-order valence-corrected chi connectivity index (χ4v) is 1.83. The average molecular weight is 287 g/mol. The summed E-state index contributed by atoms with van der Waals surface area (Å²) in [6.45, 7) is 6.82. The molecule has 0 aliphatic carbocycles. The van der Waals surface area contributed by atoms with Crippen molar-refractivity contribution in [1.29, 1.82) is 0 Å². The third-order valence-electron chi connectivity index (χ3n) is 3.16. The van der Waals surface area contributed by atoms with Crippen LogP contribution < -0.4 is 5.32 Å². The largest absolute Gasteiger partial charge is 0.481 e. The Kier molecular flexibility index (Phi) is 9.80. The van der Waals surface area contributed by atoms with Crippen molar-refractivity contribution in [3.63, 3.8) is 0 Å². The van der Waals surface area contributed by atoms with Gasteiger partial charge in [0.25, 0.3) is 0 Å². The van der Waals surface area contributed by atoms with Gasteiger partial charge in [-0.25, -0.2) is 4.79 Å². The van der Waals surface area contributed by atoms with Gasteiger partial charge in [-0.15, -0.1) is 0 Å². The fraction of sp³-hybridized carbons (Fsp3) is 0.857. The van der Waals surface area contributed by atoms with E-state index >= 15 is 0 Å². The number of amides is 2. The maximum atomic E-state index is 12.0. The Balaban J connectivity index is 3.93. The van der Waals surface area contributed by atoms with Gasteiger partial charge in [-0.3, -0.25) is 4.79 Å². The van der Waals surface area contributed by atoms with Crippen LogP contribution in [0.25, 0.3) is 0 Å². The Hall–Kier alpha value is -1.30. The molecule has 6 nitrogen and oxygen atoms in total. The average Bonchev–Trinajstić information content (AvgIpc) is 2.38. The van der Waals surface area contributed by atoms with Crippen LogP contribution in [0.1, 0.15) is 33.1 Å². The number of aliphatic carboxylic acids is 1. The molecular formula is C14H29N3O3. The second-order valence-corrected chi connectivity index (χ2v) is 5.46. The van der Waals surface area contributed by atoms with Gasteiger partial charge in [-0.05, 0) is 46.3 Å². The molecule has 0 saturated carbocycles. The summed E-state index contributed by atoms with van der Waals surface area (Å²) < 4.78 is 0. The predicted molar refractivity (Wildman–Crippen MR) is 79.9 cm³/mol. The number of carboxylic acid groups (broad SMARTS) is 1. The van der Waals surface area contributed by atoms with E-state index in [0.29, 0.717) is 19.5 Å². The number of urea groups is 1. The second-order valence-electron chi connectivity index (χ2n) is 5.46. The van der Waals surface area contributed by atoms with E-state index in [2.05, 4.69) is 10.2 Å². The number of carbonyl (C=O) groups excluding carboxylic acids is 1. The van der Waals surface area contributed by atoms with Crippen molar-refractivity contribution in [2.75, 3.05) is 40.3 Å². The quantitative estimate of drug-likeness (QED) is 0.638. The highest BCUT2D eigenvalue weighted by Crippen LogP contribution is 2.04. The van der Waals surface area contributed by atoms with Crippen LogP contribution in [0.15, 0.2) is 0 Å². The van der Waals surface area contributed by atoms with Gasteiger partial charge in [0.05, 0.1) is 0 Å². The van der Waals surface area contributed by atoms with Crippen LogP contribution in [0, 0.1) is 5.92 Å². The number of nitrogens with zero attached hydrogens (tertiary/aromatic N) is 2. The molecule has 0 aliphatic heterocycles. The number of hydrogen-bond acceptors (Lipinski definition) is 3. The zero-order valence-corrected chi connectivity index (χ0v) is 13.2. The lowest BCUT2D eigenvalue weighted by Gasteiger charge is -2.23. The second kappa shape index (κ2) is 10.5. The Bertz CT molecular complexity index is 295. The van der Waals surface area contributed by atoms with Crippen LogP contribution in [-0.2, 0) is 4.79 Å². The topological polar surface area (TPSA) is 72.9 Å². The zero-order valence-electron chi connectivity index (χ0n) is 13.2. The summed E-state index contributed by atoms with van der Waals surface area (Å²) in [5.74, 6) is -0.613. The zero-order chi connectivity index (χ0) is 15.5. The molecule has 0 aromatic carbocycles. The minimum atomic E-state index is -0.790. The van der Waals surface area contributed by atoms with Gasteiger partial charge in [0.1, 0.15) is 0 Å². The highest BCUT2D eigenvalue weighted by atomic mass is 16.4. The van der Waals surface area contributed by atoms with E-state index in [1.54, 1.807) is 4.90 Å². The fourth-order valence-electron chi connectivity index (χ4n) is 1.83. The lowest BCUT2D eigenvalue weighted by molar-refractivity contribution is -0.137. The normalized spacial score (nSPS) is 12.2. The molecule has 0 saturated heterocycles. The summed E-state index contributed by atoms with van der Waals surface area (Å²) >= 11 is 0. The van der Waals surface area contributed by atoms with Crippen LogP contribution >= 0.6 is 0 Å². The molecule has 0 aromatic rings. The van der Waals surface area contributed by atoms with Crippen LogP contribution in [0.3, 0.4) is 0 Å². The van der Waals surface area contributed by atoms with Crippen molar-refractivity contribution in [2.45, 2.75) is 33.1 Å². The van der Waals surface area contributed by atoms with E-state index in [4.69, 9.17) is 5.11 Å². The molecule has 0 bridgehead atoms. The van der Waals surface area contributed by atoms with Gasteiger partial charge >= 0.3 is 12.0 Å². The van der Waals surface area contributed by atoms with Crippen molar-refractivity contribution in [1.82, 2.24) is 15.1 Å². The Labute approximate surface area is 122 Å². The molecule has 0 spiro atoms. The summed E-state index contributed by atoms with van der Waals surface area (Å²) in [6.07, 6.45) is 1.68. The first-order valence-corrected chi connectivity index (χ1v) is 7.26. The Morgan fingerprint density at radius 2 is 1.90 bits per heavy atom. The van der Waals surface area contributed by atoms with E-state index in [9.17, 15) is 9.59 Å². The van der Waals surface area contributed by atoms with E-state index in [1.165, 1.54) is 0 Å². The van der Waals surface area contributed by atoms with Crippen molar-refractivity contribution in [3.05, 3.63) is 0 Å². The predicted octanol–water partition coefficient (Wildman–Crippen LogP) is 1.47. The van der Waals surface area contributed by atoms with Crippen molar-refractivity contribution in [2.24, 2.45) is 5.92 Å². The molecule has 1 atom stereocenters.